The van der Waals surface area contributed by atoms with Crippen molar-refractivity contribution < 1.29 is 14.5 Å². The number of hydrazone groups is 1. The maximum Gasteiger partial charge on any atom is 0.271 e. The molecular formula is C15H12BrN3O4. The minimum absolute atomic E-state index is 0.0797. The van der Waals surface area contributed by atoms with Crippen LogP contribution in [0.4, 0.5) is 5.69 Å². The number of nitrogens with one attached hydrogen (secondary N) is 1. The lowest BCUT2D eigenvalue weighted by atomic mass is 10.2. The van der Waals surface area contributed by atoms with Gasteiger partial charge in [0, 0.05) is 27.7 Å². The molecule has 0 radical (unpaired) electrons. The summed E-state index contributed by atoms with van der Waals surface area (Å²) in [4.78, 5) is 21.9. The lowest BCUT2D eigenvalue weighted by Crippen LogP contribution is -2.17. The van der Waals surface area contributed by atoms with Crippen molar-refractivity contribution in [3.05, 3.63) is 68.2 Å². The zero-order valence-electron chi connectivity index (χ0n) is 12.0. The molecular weight excluding hydrogens is 366 g/mol. The van der Waals surface area contributed by atoms with E-state index < -0.39 is 10.8 Å². The summed E-state index contributed by atoms with van der Waals surface area (Å²) in [5.41, 5.74) is 3.24. The van der Waals surface area contributed by atoms with Crippen molar-refractivity contribution in [2.75, 3.05) is 7.11 Å². The van der Waals surface area contributed by atoms with Crippen LogP contribution in [0.15, 0.2) is 52.0 Å². The summed E-state index contributed by atoms with van der Waals surface area (Å²) in [5, 5.41) is 14.4. The Morgan fingerprint density at radius 1 is 1.30 bits per heavy atom. The van der Waals surface area contributed by atoms with Crippen LogP contribution in [0.25, 0.3) is 0 Å². The molecule has 0 spiro atoms. The lowest BCUT2D eigenvalue weighted by molar-refractivity contribution is -0.384. The summed E-state index contributed by atoms with van der Waals surface area (Å²) in [6.07, 6.45) is 1.45. The van der Waals surface area contributed by atoms with Crippen molar-refractivity contribution in [3.63, 3.8) is 0 Å². The molecule has 0 aromatic heterocycles. The van der Waals surface area contributed by atoms with Crippen molar-refractivity contribution in [2.45, 2.75) is 0 Å². The minimum Gasteiger partial charge on any atom is -0.496 e. The molecule has 23 heavy (non-hydrogen) atoms. The molecule has 0 bridgehead atoms. The summed E-state index contributed by atoms with van der Waals surface area (Å²) in [6, 6.07) is 10.6. The molecule has 0 atom stereocenters. The van der Waals surface area contributed by atoms with Gasteiger partial charge < -0.3 is 4.74 Å². The van der Waals surface area contributed by atoms with E-state index in [1.807, 2.05) is 6.07 Å². The van der Waals surface area contributed by atoms with Crippen molar-refractivity contribution in [3.8, 4) is 5.75 Å². The number of rotatable bonds is 5. The van der Waals surface area contributed by atoms with Gasteiger partial charge in [-0.25, -0.2) is 5.43 Å². The average molecular weight is 378 g/mol. The molecule has 0 aliphatic rings. The highest BCUT2D eigenvalue weighted by Crippen LogP contribution is 2.21. The van der Waals surface area contributed by atoms with E-state index in [1.165, 1.54) is 37.6 Å². The van der Waals surface area contributed by atoms with Crippen molar-refractivity contribution in [2.24, 2.45) is 5.10 Å². The molecule has 2 aromatic carbocycles. The Kier molecular flexibility index (Phi) is 5.42. The minimum atomic E-state index is -0.528. The fourth-order valence-electron chi connectivity index (χ4n) is 1.77. The third kappa shape index (κ3) is 4.36. The van der Waals surface area contributed by atoms with Gasteiger partial charge in [0.15, 0.2) is 0 Å². The molecule has 0 aliphatic heterocycles. The molecule has 0 saturated heterocycles. The monoisotopic (exact) mass is 377 g/mol. The van der Waals surface area contributed by atoms with Crippen LogP contribution in [0, 0.1) is 10.1 Å². The highest BCUT2D eigenvalue weighted by atomic mass is 79.9. The van der Waals surface area contributed by atoms with Crippen LogP contribution in [-0.2, 0) is 0 Å². The van der Waals surface area contributed by atoms with Crippen LogP contribution >= 0.6 is 15.9 Å². The van der Waals surface area contributed by atoms with E-state index in [0.29, 0.717) is 11.3 Å². The van der Waals surface area contributed by atoms with Crippen LogP contribution in [0.3, 0.4) is 0 Å². The molecule has 1 amide bonds. The molecule has 0 fully saturated rings. The number of halogens is 1. The number of non-ortho nitro benzene ring substituents is 1. The second kappa shape index (κ2) is 7.50. The Morgan fingerprint density at radius 2 is 2.00 bits per heavy atom. The Bertz CT molecular complexity index is 760. The molecule has 7 nitrogen and oxygen atoms in total. The van der Waals surface area contributed by atoms with Crippen LogP contribution in [0.2, 0.25) is 0 Å². The number of nitrogens with zero attached hydrogens (tertiary/aromatic N) is 2. The van der Waals surface area contributed by atoms with Gasteiger partial charge in [-0.15, -0.1) is 0 Å². The van der Waals surface area contributed by atoms with Gasteiger partial charge in [-0.05, 0) is 30.3 Å². The van der Waals surface area contributed by atoms with Gasteiger partial charge in [0.1, 0.15) is 5.75 Å². The predicted octanol–water partition coefficient (Wildman–Crippen LogP) is 3.13. The first kappa shape index (κ1) is 16.6. The molecule has 0 unspecified atom stereocenters. The topological polar surface area (TPSA) is 93.8 Å². The van der Waals surface area contributed by atoms with Crippen LogP contribution in [0.5, 0.6) is 5.75 Å². The van der Waals surface area contributed by atoms with Gasteiger partial charge in [0.25, 0.3) is 11.6 Å². The number of carbonyl (C=O) groups excluding carboxylic acids is 1. The van der Waals surface area contributed by atoms with E-state index in [2.05, 4.69) is 26.5 Å². The lowest BCUT2D eigenvalue weighted by Gasteiger charge is -2.04. The average Bonchev–Trinajstić information content (AvgIpc) is 2.55. The second-order valence-electron chi connectivity index (χ2n) is 4.39. The fourth-order valence-corrected chi connectivity index (χ4v) is 2.14. The number of carbonyl (C=O) groups is 1. The third-order valence-electron chi connectivity index (χ3n) is 2.90. The highest BCUT2D eigenvalue weighted by Gasteiger charge is 2.08. The standard InChI is InChI=1S/C15H12BrN3O4/c1-23-14-7-4-12(16)8-11(14)9-17-18-15(20)10-2-5-13(6-3-10)19(21)22/h2-9H,1H3,(H,18,20)/b17-9+. The number of benzene rings is 2. The number of ether oxygens (including phenoxy) is 1. The second-order valence-corrected chi connectivity index (χ2v) is 5.31. The molecule has 0 saturated carbocycles. The Morgan fingerprint density at radius 3 is 2.61 bits per heavy atom. The Balaban J connectivity index is 2.06. The number of methoxy groups -OCH3 is 1. The van der Waals surface area contributed by atoms with Crippen LogP contribution < -0.4 is 10.2 Å². The normalized spacial score (nSPS) is 10.5. The predicted molar refractivity (Wildman–Crippen MR) is 88.9 cm³/mol. The molecule has 2 rings (SSSR count). The maximum atomic E-state index is 11.9. The smallest absolute Gasteiger partial charge is 0.271 e. The fraction of sp³-hybridized carbons (Fsp3) is 0.0667. The van der Waals surface area contributed by atoms with Gasteiger partial charge in [-0.2, -0.15) is 5.10 Å². The maximum absolute atomic E-state index is 11.9. The number of amides is 1. The first-order chi connectivity index (χ1) is 11.0. The van der Waals surface area contributed by atoms with Gasteiger partial charge >= 0.3 is 0 Å². The molecule has 2 aromatic rings. The van der Waals surface area contributed by atoms with E-state index in [9.17, 15) is 14.9 Å². The molecule has 8 heteroatoms. The first-order valence-corrected chi connectivity index (χ1v) is 7.22. The SMILES string of the molecule is COc1ccc(Br)cc1/C=N/NC(=O)c1ccc([N+](=O)[O-])cc1. The highest BCUT2D eigenvalue weighted by molar-refractivity contribution is 9.10. The van der Waals surface area contributed by atoms with Gasteiger partial charge in [0.05, 0.1) is 18.2 Å². The first-order valence-electron chi connectivity index (χ1n) is 6.42. The summed E-state index contributed by atoms with van der Waals surface area (Å²) in [6.45, 7) is 0. The third-order valence-corrected chi connectivity index (χ3v) is 3.40. The molecule has 0 aliphatic carbocycles. The van der Waals surface area contributed by atoms with Crippen molar-refractivity contribution >= 4 is 33.7 Å². The molecule has 1 N–H and O–H groups in total. The van der Waals surface area contributed by atoms with Gasteiger partial charge in [-0.1, -0.05) is 15.9 Å². The number of nitro benzene ring substituents is 1. The number of nitro groups is 1. The largest absolute Gasteiger partial charge is 0.496 e. The Hall–Kier alpha value is -2.74. The van der Waals surface area contributed by atoms with Gasteiger partial charge in [-0.3, -0.25) is 14.9 Å². The van der Waals surface area contributed by atoms with Gasteiger partial charge in [0.2, 0.25) is 0 Å². The number of hydrogen-bond donors (Lipinski definition) is 1. The van der Waals surface area contributed by atoms with Crippen molar-refractivity contribution in [1.82, 2.24) is 5.43 Å². The summed E-state index contributed by atoms with van der Waals surface area (Å²) >= 11 is 3.34. The van der Waals surface area contributed by atoms with E-state index in [-0.39, 0.29) is 11.3 Å². The zero-order valence-corrected chi connectivity index (χ0v) is 13.6. The summed E-state index contributed by atoms with van der Waals surface area (Å²) < 4.78 is 6.04. The van der Waals surface area contributed by atoms with E-state index in [1.54, 1.807) is 12.1 Å². The summed E-state index contributed by atoms with van der Waals surface area (Å²) in [7, 11) is 1.54. The van der Waals surface area contributed by atoms with Crippen molar-refractivity contribution in [1.29, 1.82) is 0 Å². The molecule has 118 valence electrons. The van der Waals surface area contributed by atoms with E-state index in [4.69, 9.17) is 4.74 Å². The van der Waals surface area contributed by atoms with Crippen LogP contribution in [0.1, 0.15) is 15.9 Å². The number of hydrogen-bond acceptors (Lipinski definition) is 5. The van der Waals surface area contributed by atoms with Crippen LogP contribution in [-0.4, -0.2) is 24.2 Å². The summed E-state index contributed by atoms with van der Waals surface area (Å²) in [5.74, 6) is 0.145. The zero-order chi connectivity index (χ0) is 16.8. The molecule has 0 heterocycles. The van der Waals surface area contributed by atoms with E-state index >= 15 is 0 Å². The Labute approximate surface area is 140 Å². The van der Waals surface area contributed by atoms with E-state index in [0.717, 1.165) is 4.47 Å². The quantitative estimate of drug-likeness (QED) is 0.491.